The minimum atomic E-state index is -1.57. The van der Waals surface area contributed by atoms with Gasteiger partial charge in [0, 0.05) is 96.0 Å². The zero-order valence-corrected chi connectivity index (χ0v) is 53.3. The van der Waals surface area contributed by atoms with Gasteiger partial charge in [0.1, 0.15) is 22.3 Å². The van der Waals surface area contributed by atoms with Crippen LogP contribution in [-0.4, -0.2) is 88.6 Å². The molecule has 0 saturated carbocycles. The molecule has 0 aliphatic rings. The highest BCUT2D eigenvalue weighted by atomic mass is 16.4. The lowest BCUT2D eigenvalue weighted by Crippen LogP contribution is -2.32. The Kier molecular flexibility index (Phi) is 19.8. The summed E-state index contributed by atoms with van der Waals surface area (Å²) in [5, 5.41) is 81.4. The number of hydrogen-bond acceptors (Lipinski definition) is 14. The Labute approximate surface area is 546 Å². The van der Waals surface area contributed by atoms with Crippen LogP contribution in [0.5, 0.6) is 0 Å². The summed E-state index contributed by atoms with van der Waals surface area (Å²) in [6.07, 6.45) is 6.67. The van der Waals surface area contributed by atoms with Gasteiger partial charge in [-0.2, -0.15) is 0 Å². The molecule has 14 aromatic rings. The summed E-state index contributed by atoms with van der Waals surface area (Å²) >= 11 is 0. The SMILES string of the molecule is Cc1cc(-c2ccccc2)cc(C)c1-c1ncccc1B(O)O.Cc1cc2c(oc3ccccc32)c(C)c1-c1ncccc1B(O)O.Cc1cc2oc3ccccc3c2c(C)c1-c1ncccc1B(O)O.Cc1ccc(-c2ccccc2)c(C)c1-c1ncccc1B(O)O. The molecule has 6 heterocycles. The number of hydrogen-bond donors (Lipinski definition) is 8. The predicted octanol–water partition coefficient (Wildman–Crippen LogP) is 11.3. The topological polar surface area (TPSA) is 240 Å². The Morgan fingerprint density at radius 3 is 1.17 bits per heavy atom. The van der Waals surface area contributed by atoms with Gasteiger partial charge in [-0.1, -0.05) is 146 Å². The van der Waals surface area contributed by atoms with Gasteiger partial charge in [-0.25, -0.2) is 0 Å². The van der Waals surface area contributed by atoms with E-state index in [1.165, 1.54) is 0 Å². The number of aryl methyl sites for hydroxylation is 7. The van der Waals surface area contributed by atoms with Crippen molar-refractivity contribution in [3.63, 3.8) is 0 Å². The summed E-state index contributed by atoms with van der Waals surface area (Å²) in [6, 6.07) is 62.2. The molecular formula is C76H68B4N4O10. The maximum absolute atomic E-state index is 9.69. The molecular weight excluding hydrogens is 1170 g/mol. The van der Waals surface area contributed by atoms with Crippen LogP contribution >= 0.6 is 0 Å². The number of furan rings is 2. The van der Waals surface area contributed by atoms with Crippen molar-refractivity contribution in [2.24, 2.45) is 0 Å². The molecule has 0 atom stereocenters. The van der Waals surface area contributed by atoms with Gasteiger partial charge >= 0.3 is 28.5 Å². The maximum atomic E-state index is 9.69. The van der Waals surface area contributed by atoms with Crippen LogP contribution in [0.15, 0.2) is 228 Å². The first-order chi connectivity index (χ1) is 45.3. The Hall–Kier alpha value is -10.1. The van der Waals surface area contributed by atoms with Crippen molar-refractivity contribution >= 4 is 94.2 Å². The van der Waals surface area contributed by atoms with Gasteiger partial charge in [-0.15, -0.1) is 0 Å². The first-order valence-corrected chi connectivity index (χ1v) is 30.7. The van der Waals surface area contributed by atoms with Crippen LogP contribution < -0.4 is 21.9 Å². The Morgan fingerprint density at radius 1 is 0.287 bits per heavy atom. The lowest BCUT2D eigenvalue weighted by molar-refractivity contribution is 0.424. The third kappa shape index (κ3) is 13.3. The van der Waals surface area contributed by atoms with E-state index in [0.29, 0.717) is 44.6 Å². The molecule has 14 nitrogen and oxygen atoms in total. The van der Waals surface area contributed by atoms with Crippen molar-refractivity contribution in [2.75, 3.05) is 0 Å². The number of aromatic nitrogens is 4. The van der Waals surface area contributed by atoms with E-state index in [1.54, 1.807) is 73.3 Å². The van der Waals surface area contributed by atoms with Crippen LogP contribution in [0.2, 0.25) is 0 Å². The van der Waals surface area contributed by atoms with E-state index >= 15 is 0 Å². The molecule has 0 unspecified atom stereocenters. The molecule has 14 rings (SSSR count). The molecule has 6 aromatic heterocycles. The van der Waals surface area contributed by atoms with E-state index in [2.05, 4.69) is 68.5 Å². The van der Waals surface area contributed by atoms with Crippen molar-refractivity contribution in [1.82, 2.24) is 19.9 Å². The zero-order chi connectivity index (χ0) is 66.5. The normalized spacial score (nSPS) is 11.0. The van der Waals surface area contributed by atoms with Crippen molar-refractivity contribution in [1.29, 1.82) is 0 Å². The summed E-state index contributed by atoms with van der Waals surface area (Å²) < 4.78 is 12.0. The molecule has 0 spiro atoms. The fourth-order valence-electron chi connectivity index (χ4n) is 12.8. The smallest absolute Gasteiger partial charge is 0.456 e. The van der Waals surface area contributed by atoms with Crippen LogP contribution in [-0.2, 0) is 0 Å². The lowest BCUT2D eigenvalue weighted by Gasteiger charge is -2.16. The van der Waals surface area contributed by atoms with Gasteiger partial charge in [0.15, 0.2) is 0 Å². The Balaban J connectivity index is 0.000000128. The Morgan fingerprint density at radius 2 is 0.681 bits per heavy atom. The second kappa shape index (κ2) is 28.4. The number of nitrogens with zero attached hydrogens (tertiary/aromatic N) is 4. The van der Waals surface area contributed by atoms with Gasteiger partial charge in [0.05, 0.1) is 22.8 Å². The molecule has 8 N–H and O–H groups in total. The Bertz CT molecular complexity index is 5030. The molecule has 0 saturated heterocycles. The van der Waals surface area contributed by atoms with E-state index in [4.69, 9.17) is 8.83 Å². The first kappa shape index (κ1) is 65.4. The monoisotopic (exact) mass is 1240 g/mol. The fraction of sp³-hybridized carbons (Fsp3) is 0.105. The number of para-hydroxylation sites is 2. The molecule has 94 heavy (non-hydrogen) atoms. The predicted molar refractivity (Wildman–Crippen MR) is 381 cm³/mol. The number of pyridine rings is 4. The molecule has 0 aliphatic carbocycles. The molecule has 464 valence electrons. The largest absolute Gasteiger partial charge is 0.490 e. The lowest BCUT2D eigenvalue weighted by atomic mass is 9.76. The minimum Gasteiger partial charge on any atom is -0.456 e. The van der Waals surface area contributed by atoms with Gasteiger partial charge in [0.2, 0.25) is 0 Å². The molecule has 8 aromatic carbocycles. The fourth-order valence-corrected chi connectivity index (χ4v) is 12.8. The maximum Gasteiger partial charge on any atom is 0.490 e. The summed E-state index contributed by atoms with van der Waals surface area (Å²) in [5.74, 6) is 0. The second-order valence-corrected chi connectivity index (χ2v) is 23.2. The van der Waals surface area contributed by atoms with Crippen molar-refractivity contribution < 1.29 is 49.0 Å². The van der Waals surface area contributed by atoms with Gasteiger partial charge in [-0.3, -0.25) is 19.9 Å². The summed E-state index contributed by atoms with van der Waals surface area (Å²) in [4.78, 5) is 17.6. The highest BCUT2D eigenvalue weighted by molar-refractivity contribution is 6.61. The van der Waals surface area contributed by atoms with Gasteiger partial charge in [0.25, 0.3) is 0 Å². The van der Waals surface area contributed by atoms with E-state index < -0.39 is 28.5 Å². The van der Waals surface area contributed by atoms with Gasteiger partial charge in [-0.05, 0) is 165 Å². The third-order valence-electron chi connectivity index (χ3n) is 17.0. The van der Waals surface area contributed by atoms with Crippen LogP contribution in [0.4, 0.5) is 0 Å². The van der Waals surface area contributed by atoms with Crippen LogP contribution in [0.3, 0.4) is 0 Å². The summed E-state index contributed by atoms with van der Waals surface area (Å²) in [6.45, 7) is 16.1. The van der Waals surface area contributed by atoms with Crippen molar-refractivity contribution in [3.8, 4) is 67.3 Å². The zero-order valence-electron chi connectivity index (χ0n) is 53.3. The molecule has 0 radical (unpaired) electrons. The molecule has 0 amide bonds. The quantitative estimate of drug-likeness (QED) is 0.0595. The highest BCUT2D eigenvalue weighted by Gasteiger charge is 2.27. The summed E-state index contributed by atoms with van der Waals surface area (Å²) in [7, 11) is -6.22. The minimum absolute atomic E-state index is 0.388. The standard InChI is InChI=1S/2C19H16BNO3.2C19H18BNO2/c1-11-10-14-13-6-3-4-8-16(13)24-19(14)12(2)17(11)18-15(20(22)23)7-5-9-21-18;1-11-10-16-18(13-6-3-4-8-15(13)24-16)12(2)17(11)19-14(20(22)23)7-5-9-21-19;1-13-10-11-16(15-7-4-3-5-8-15)14(2)18(13)19-17(20(22)23)9-6-12-21-19;1-13-11-16(15-7-4-3-5-8-15)12-14(2)18(13)19-17(20(22)23)9-6-10-21-19/h2*3-10,22-23H,1-2H3;2*3-12,22-23H,1-2H3. The summed E-state index contributed by atoms with van der Waals surface area (Å²) in [5.41, 5.74) is 23.9. The van der Waals surface area contributed by atoms with Crippen molar-refractivity contribution in [2.45, 2.75) is 55.4 Å². The van der Waals surface area contributed by atoms with Crippen LogP contribution in [0.1, 0.15) is 44.5 Å². The number of rotatable bonds is 10. The van der Waals surface area contributed by atoms with E-state index in [1.807, 2.05) is 152 Å². The molecule has 0 bridgehead atoms. The first-order valence-electron chi connectivity index (χ1n) is 30.7. The second-order valence-electron chi connectivity index (χ2n) is 23.2. The van der Waals surface area contributed by atoms with Crippen molar-refractivity contribution in [3.05, 3.63) is 263 Å². The number of fused-ring (bicyclic) bond motifs is 6. The number of benzene rings is 8. The highest BCUT2D eigenvalue weighted by Crippen LogP contribution is 2.40. The molecule has 0 fully saturated rings. The molecule has 0 aliphatic heterocycles. The molecule has 18 heteroatoms. The average Bonchev–Trinajstić information content (AvgIpc) is 1.55. The average molecular weight is 1240 g/mol. The van der Waals surface area contributed by atoms with Crippen LogP contribution in [0, 0.1) is 55.4 Å². The van der Waals surface area contributed by atoms with E-state index in [0.717, 1.165) is 133 Å². The van der Waals surface area contributed by atoms with Crippen LogP contribution in [0.25, 0.3) is 111 Å². The van der Waals surface area contributed by atoms with E-state index in [-0.39, 0.29) is 0 Å². The van der Waals surface area contributed by atoms with Gasteiger partial charge < -0.3 is 49.0 Å². The third-order valence-corrected chi connectivity index (χ3v) is 17.0. The van der Waals surface area contributed by atoms with E-state index in [9.17, 15) is 40.2 Å².